The first-order chi connectivity index (χ1) is 18.9. The number of aryl methyl sites for hydroxylation is 2. The molecule has 1 amide bonds. The normalized spacial score (nSPS) is 13.2. The quantitative estimate of drug-likeness (QED) is 0.226. The summed E-state index contributed by atoms with van der Waals surface area (Å²) in [5.41, 5.74) is -0.772. The second kappa shape index (κ2) is 10.4. The molecule has 5 rings (SSSR count). The van der Waals surface area contributed by atoms with Crippen molar-refractivity contribution in [1.29, 1.82) is 0 Å². The molecule has 0 saturated carbocycles. The molecule has 0 radical (unpaired) electrons. The lowest BCUT2D eigenvalue weighted by Gasteiger charge is -2.25. The fourth-order valence-corrected chi connectivity index (χ4v) is 4.76. The number of nitrogens with zero attached hydrogens (tertiary/aromatic N) is 2. The zero-order chi connectivity index (χ0) is 28.7. The lowest BCUT2D eigenvalue weighted by atomic mass is 10.0. The number of hydrogen-bond donors (Lipinski definition) is 0. The summed E-state index contributed by atoms with van der Waals surface area (Å²) < 4.78 is 93.4. The van der Waals surface area contributed by atoms with E-state index in [1.165, 1.54) is 4.90 Å². The monoisotopic (exact) mass is 562 g/mol. The number of fused-ring (bicyclic) bond motifs is 2. The number of carbonyl (C=O) groups excluding carboxylic acids is 1. The predicted octanol–water partition coefficient (Wildman–Crippen LogP) is 7.11. The van der Waals surface area contributed by atoms with Crippen LogP contribution >= 0.6 is 0 Å². The van der Waals surface area contributed by atoms with Crippen LogP contribution in [-0.4, -0.2) is 22.2 Å². The van der Waals surface area contributed by atoms with Crippen LogP contribution in [-0.2, 0) is 43.7 Å². The molecule has 40 heavy (non-hydrogen) atoms. The second-order valence-corrected chi connectivity index (χ2v) is 9.61. The van der Waals surface area contributed by atoms with Crippen LogP contribution in [0.25, 0.3) is 10.9 Å². The number of carbonyl (C=O) groups is 1. The maximum Gasteiger partial charge on any atom is 0.416 e. The van der Waals surface area contributed by atoms with Crippen LogP contribution < -0.4 is 9.47 Å². The topological polar surface area (TPSA) is 43.7 Å². The zero-order valence-electron chi connectivity index (χ0n) is 21.3. The van der Waals surface area contributed by atoms with Gasteiger partial charge in [0.05, 0.1) is 17.7 Å². The van der Waals surface area contributed by atoms with E-state index < -0.39 is 35.9 Å². The fourth-order valence-electron chi connectivity index (χ4n) is 4.76. The highest BCUT2D eigenvalue weighted by Crippen LogP contribution is 2.37. The van der Waals surface area contributed by atoms with Crippen LogP contribution in [0.5, 0.6) is 11.5 Å². The Morgan fingerprint density at radius 2 is 1.50 bits per heavy atom. The van der Waals surface area contributed by atoms with Crippen molar-refractivity contribution >= 4 is 16.8 Å². The highest BCUT2D eigenvalue weighted by molar-refractivity contribution is 5.81. The molecule has 1 aliphatic heterocycles. The molecule has 4 aromatic rings. The Bertz CT molecular complexity index is 1530. The Morgan fingerprint density at radius 3 is 2.17 bits per heavy atom. The Morgan fingerprint density at radius 1 is 0.825 bits per heavy atom. The van der Waals surface area contributed by atoms with Crippen LogP contribution in [0.1, 0.15) is 34.4 Å². The van der Waals surface area contributed by atoms with E-state index in [0.717, 1.165) is 16.5 Å². The van der Waals surface area contributed by atoms with Crippen molar-refractivity contribution in [2.75, 3.05) is 6.79 Å². The molecule has 210 valence electrons. The third-order valence-corrected chi connectivity index (χ3v) is 6.84. The van der Waals surface area contributed by atoms with E-state index in [1.54, 1.807) is 25.2 Å². The van der Waals surface area contributed by atoms with Gasteiger partial charge in [0, 0.05) is 31.2 Å². The number of alkyl halides is 6. The summed E-state index contributed by atoms with van der Waals surface area (Å²) in [5, 5.41) is 0.895. The lowest BCUT2D eigenvalue weighted by Crippen LogP contribution is -2.31. The SMILES string of the molecule is Cn1c(CN(Cc2cc(C(F)(F)F)cc(C(F)(F)F)c2)C(=O)CCc2ccc3c(c2)OCO3)cc2ccccc21. The third-order valence-electron chi connectivity index (χ3n) is 6.84. The summed E-state index contributed by atoms with van der Waals surface area (Å²) in [5.74, 6) is 0.701. The summed E-state index contributed by atoms with van der Waals surface area (Å²) in [4.78, 5) is 14.8. The Kier molecular flexibility index (Phi) is 7.16. The van der Waals surface area contributed by atoms with Gasteiger partial charge in [-0.2, -0.15) is 26.3 Å². The highest BCUT2D eigenvalue weighted by atomic mass is 19.4. The molecule has 0 atom stereocenters. The molecular weight excluding hydrogens is 538 g/mol. The zero-order valence-corrected chi connectivity index (χ0v) is 21.3. The van der Waals surface area contributed by atoms with Crippen molar-refractivity contribution in [3.63, 3.8) is 0 Å². The average Bonchev–Trinajstić information content (AvgIpc) is 3.49. The maximum atomic E-state index is 13.5. The van der Waals surface area contributed by atoms with Gasteiger partial charge in [-0.15, -0.1) is 0 Å². The van der Waals surface area contributed by atoms with E-state index in [2.05, 4.69) is 0 Å². The van der Waals surface area contributed by atoms with Gasteiger partial charge in [0.15, 0.2) is 11.5 Å². The van der Waals surface area contributed by atoms with Crippen molar-refractivity contribution in [2.45, 2.75) is 38.3 Å². The first-order valence-electron chi connectivity index (χ1n) is 12.4. The molecule has 0 bridgehead atoms. The first kappa shape index (κ1) is 27.4. The summed E-state index contributed by atoms with van der Waals surface area (Å²) >= 11 is 0. The van der Waals surface area contributed by atoms with Crippen LogP contribution in [0.3, 0.4) is 0 Å². The highest BCUT2D eigenvalue weighted by Gasteiger charge is 2.37. The minimum atomic E-state index is -4.99. The van der Waals surface area contributed by atoms with Gasteiger partial charge in [0.2, 0.25) is 12.7 Å². The van der Waals surface area contributed by atoms with E-state index in [9.17, 15) is 31.1 Å². The summed E-state index contributed by atoms with van der Waals surface area (Å²) in [6.07, 6.45) is -9.70. The van der Waals surface area contributed by atoms with Crippen molar-refractivity contribution < 1.29 is 40.6 Å². The van der Waals surface area contributed by atoms with E-state index in [0.29, 0.717) is 29.3 Å². The number of benzene rings is 3. The van der Waals surface area contributed by atoms with Gasteiger partial charge in [-0.25, -0.2) is 0 Å². The summed E-state index contributed by atoms with van der Waals surface area (Å²) in [6.45, 7) is -0.356. The van der Waals surface area contributed by atoms with Gasteiger partial charge in [-0.05, 0) is 65.4 Å². The Labute approximate surface area is 225 Å². The molecule has 3 aromatic carbocycles. The lowest BCUT2D eigenvalue weighted by molar-refractivity contribution is -0.143. The minimum absolute atomic E-state index is 0.0112. The number of rotatable bonds is 7. The van der Waals surface area contributed by atoms with Crippen LogP contribution in [0.2, 0.25) is 0 Å². The number of hydrogen-bond acceptors (Lipinski definition) is 3. The molecule has 0 saturated heterocycles. The van der Waals surface area contributed by atoms with Crippen LogP contribution in [0, 0.1) is 0 Å². The standard InChI is InChI=1S/C29H24F6N2O3/c1-36-23(13-20-4-2-3-5-24(20)36)16-37(27(38)9-7-18-6-8-25-26(12-18)40-17-39-25)15-19-10-21(28(30,31)32)14-22(11-19)29(33,34)35/h2-6,8,10-14H,7,9,15-17H2,1H3. The molecule has 11 heteroatoms. The van der Waals surface area contributed by atoms with E-state index in [-0.39, 0.29) is 37.8 Å². The largest absolute Gasteiger partial charge is 0.454 e. The number of amides is 1. The molecule has 0 N–H and O–H groups in total. The number of ether oxygens (including phenoxy) is 2. The van der Waals surface area contributed by atoms with Crippen molar-refractivity contribution in [3.8, 4) is 11.5 Å². The van der Waals surface area contributed by atoms with Crippen molar-refractivity contribution in [1.82, 2.24) is 9.47 Å². The molecule has 0 aliphatic carbocycles. The summed E-state index contributed by atoms with van der Waals surface area (Å²) in [6, 6.07) is 16.0. The Hall–Kier alpha value is -4.15. The number of para-hydroxylation sites is 1. The third kappa shape index (κ3) is 5.88. The molecule has 0 unspecified atom stereocenters. The van der Waals surface area contributed by atoms with Crippen molar-refractivity contribution in [3.05, 3.63) is 94.7 Å². The molecule has 0 fully saturated rings. The number of halogens is 6. The molecule has 1 aliphatic rings. The Balaban J connectivity index is 1.45. The van der Waals surface area contributed by atoms with Gasteiger partial charge in [-0.1, -0.05) is 24.3 Å². The van der Waals surface area contributed by atoms with Gasteiger partial charge < -0.3 is 18.9 Å². The minimum Gasteiger partial charge on any atom is -0.454 e. The van der Waals surface area contributed by atoms with Crippen LogP contribution in [0.15, 0.2) is 66.7 Å². The predicted molar refractivity (Wildman–Crippen MR) is 135 cm³/mol. The molecule has 5 nitrogen and oxygen atoms in total. The van der Waals surface area contributed by atoms with Gasteiger partial charge >= 0.3 is 12.4 Å². The van der Waals surface area contributed by atoms with E-state index in [1.807, 2.05) is 34.9 Å². The van der Waals surface area contributed by atoms with Crippen LogP contribution in [0.4, 0.5) is 26.3 Å². The molecular formula is C29H24F6N2O3. The molecule has 1 aromatic heterocycles. The maximum absolute atomic E-state index is 13.5. The average molecular weight is 563 g/mol. The smallest absolute Gasteiger partial charge is 0.416 e. The second-order valence-electron chi connectivity index (χ2n) is 9.61. The van der Waals surface area contributed by atoms with E-state index >= 15 is 0 Å². The first-order valence-corrected chi connectivity index (χ1v) is 12.4. The summed E-state index contributed by atoms with van der Waals surface area (Å²) in [7, 11) is 1.79. The van der Waals surface area contributed by atoms with Gasteiger partial charge in [0.1, 0.15) is 0 Å². The van der Waals surface area contributed by atoms with E-state index in [4.69, 9.17) is 9.47 Å². The van der Waals surface area contributed by atoms with Gasteiger partial charge in [-0.3, -0.25) is 4.79 Å². The van der Waals surface area contributed by atoms with Crippen molar-refractivity contribution in [2.24, 2.45) is 7.05 Å². The molecule has 2 heterocycles. The molecule has 0 spiro atoms. The fraction of sp³-hybridized carbons (Fsp3) is 0.276. The van der Waals surface area contributed by atoms with Gasteiger partial charge in [0.25, 0.3) is 0 Å². The number of aromatic nitrogens is 1.